The molecule has 1 aromatic carbocycles. The number of benzene rings is 1. The lowest BCUT2D eigenvalue weighted by Gasteiger charge is -2.38. The Bertz CT molecular complexity index is 872. The predicted octanol–water partition coefficient (Wildman–Crippen LogP) is 3.70. The molecular weight excluding hydrogens is 417 g/mol. The van der Waals surface area contributed by atoms with Crippen molar-refractivity contribution in [3.8, 4) is 0 Å². The number of piperidine rings is 1. The maximum Gasteiger partial charge on any atom is 0.417 e. The Morgan fingerprint density at radius 1 is 0.938 bits per heavy atom. The zero-order chi connectivity index (χ0) is 22.6. The maximum atomic E-state index is 13.0. The fourth-order valence-corrected chi connectivity index (χ4v) is 4.48. The van der Waals surface area contributed by atoms with E-state index in [-0.39, 0.29) is 11.8 Å². The van der Waals surface area contributed by atoms with Gasteiger partial charge in [-0.1, -0.05) is 30.3 Å². The van der Waals surface area contributed by atoms with E-state index in [1.807, 2.05) is 15.9 Å². The third kappa shape index (κ3) is 5.59. The first-order valence-corrected chi connectivity index (χ1v) is 11.2. The molecule has 4 rings (SSSR count). The molecule has 2 aliphatic heterocycles. The highest BCUT2D eigenvalue weighted by atomic mass is 19.4. The van der Waals surface area contributed by atoms with Crippen LogP contribution in [-0.4, -0.2) is 66.5 Å². The number of halogens is 3. The van der Waals surface area contributed by atoms with Crippen molar-refractivity contribution in [2.45, 2.75) is 25.4 Å². The molecule has 1 aromatic heterocycles. The zero-order valence-corrected chi connectivity index (χ0v) is 18.1. The third-order valence-electron chi connectivity index (χ3n) is 6.49. The molecule has 0 N–H and O–H groups in total. The molecule has 0 saturated carbocycles. The van der Waals surface area contributed by atoms with Gasteiger partial charge in [-0.3, -0.25) is 9.69 Å². The lowest BCUT2D eigenvalue weighted by Crippen LogP contribution is -2.52. The molecule has 2 aromatic rings. The number of hydrogen-bond acceptors (Lipinski definition) is 4. The van der Waals surface area contributed by atoms with Crippen molar-refractivity contribution in [3.05, 3.63) is 59.8 Å². The molecule has 0 unspecified atom stereocenters. The van der Waals surface area contributed by atoms with Crippen LogP contribution in [0.4, 0.5) is 19.0 Å². The highest BCUT2D eigenvalue weighted by Gasteiger charge is 2.32. The second-order valence-corrected chi connectivity index (χ2v) is 8.57. The average molecular weight is 447 g/mol. The summed E-state index contributed by atoms with van der Waals surface area (Å²) >= 11 is 0. The third-order valence-corrected chi connectivity index (χ3v) is 6.49. The fraction of sp³-hybridized carbons (Fsp3) is 0.500. The Balaban J connectivity index is 1.21. The molecule has 1 amide bonds. The molecule has 3 heterocycles. The topological polar surface area (TPSA) is 39.7 Å². The molecule has 0 aliphatic carbocycles. The van der Waals surface area contributed by atoms with Gasteiger partial charge in [0.2, 0.25) is 5.91 Å². The first kappa shape index (κ1) is 22.6. The van der Waals surface area contributed by atoms with Crippen LogP contribution in [0.1, 0.15) is 24.0 Å². The molecule has 2 saturated heterocycles. The molecule has 0 bridgehead atoms. The molecule has 5 nitrogen and oxygen atoms in total. The lowest BCUT2D eigenvalue weighted by molar-refractivity contribution is -0.138. The van der Waals surface area contributed by atoms with E-state index in [0.29, 0.717) is 31.7 Å². The monoisotopic (exact) mass is 446 g/mol. The van der Waals surface area contributed by atoms with Crippen molar-refractivity contribution in [1.82, 2.24) is 14.8 Å². The van der Waals surface area contributed by atoms with Crippen molar-refractivity contribution in [2.75, 3.05) is 50.7 Å². The highest BCUT2D eigenvalue weighted by molar-refractivity contribution is 5.79. The standard InChI is InChI=1S/C24H29F3N4O/c25-24(26,27)21-6-7-22(28-18-21)30-12-9-20(10-13-30)23(32)31-16-14-29(15-17-31)11-8-19-4-2-1-3-5-19/h1-7,18,20H,8-17H2. The Kier molecular flexibility index (Phi) is 6.98. The van der Waals surface area contributed by atoms with Crippen molar-refractivity contribution in [1.29, 1.82) is 0 Å². The van der Waals surface area contributed by atoms with E-state index < -0.39 is 11.7 Å². The van der Waals surface area contributed by atoms with Gasteiger partial charge >= 0.3 is 6.18 Å². The number of pyridine rings is 1. The van der Waals surface area contributed by atoms with Crippen LogP contribution in [0.2, 0.25) is 0 Å². The van der Waals surface area contributed by atoms with E-state index in [4.69, 9.17) is 0 Å². The van der Waals surface area contributed by atoms with E-state index >= 15 is 0 Å². The van der Waals surface area contributed by atoms with Crippen LogP contribution >= 0.6 is 0 Å². The quantitative estimate of drug-likeness (QED) is 0.702. The van der Waals surface area contributed by atoms with E-state index in [1.54, 1.807) is 0 Å². The van der Waals surface area contributed by atoms with Crippen LogP contribution in [0.3, 0.4) is 0 Å². The van der Waals surface area contributed by atoms with Crippen molar-refractivity contribution in [3.63, 3.8) is 0 Å². The number of hydrogen-bond donors (Lipinski definition) is 0. The maximum absolute atomic E-state index is 13.0. The summed E-state index contributed by atoms with van der Waals surface area (Å²) in [6, 6.07) is 12.9. The molecule has 0 atom stereocenters. The normalized spacial score (nSPS) is 18.7. The molecule has 2 fully saturated rings. The predicted molar refractivity (Wildman–Crippen MR) is 117 cm³/mol. The van der Waals surface area contributed by atoms with Crippen molar-refractivity contribution >= 4 is 11.7 Å². The van der Waals surface area contributed by atoms with Crippen LogP contribution in [-0.2, 0) is 17.4 Å². The molecule has 172 valence electrons. The summed E-state index contributed by atoms with van der Waals surface area (Å²) in [4.78, 5) is 23.3. The fourth-order valence-electron chi connectivity index (χ4n) is 4.48. The zero-order valence-electron chi connectivity index (χ0n) is 18.1. The number of alkyl halides is 3. The van der Waals surface area contributed by atoms with Crippen LogP contribution in [0, 0.1) is 5.92 Å². The molecule has 0 spiro atoms. The Morgan fingerprint density at radius 3 is 2.22 bits per heavy atom. The summed E-state index contributed by atoms with van der Waals surface area (Å²) in [5.41, 5.74) is 0.592. The number of carbonyl (C=O) groups excluding carboxylic acids is 1. The lowest BCUT2D eigenvalue weighted by atomic mass is 9.95. The van der Waals surface area contributed by atoms with Crippen LogP contribution in [0.15, 0.2) is 48.7 Å². The van der Waals surface area contributed by atoms with E-state index in [1.165, 1.54) is 11.6 Å². The number of aromatic nitrogens is 1. The van der Waals surface area contributed by atoms with Gasteiger partial charge in [-0.2, -0.15) is 13.2 Å². The average Bonchev–Trinajstić information content (AvgIpc) is 2.83. The van der Waals surface area contributed by atoms with Crippen LogP contribution < -0.4 is 4.90 Å². The largest absolute Gasteiger partial charge is 0.417 e. The number of anilines is 1. The van der Waals surface area contributed by atoms with Gasteiger partial charge in [0, 0.05) is 57.9 Å². The minimum absolute atomic E-state index is 0.0171. The molecular formula is C24H29F3N4O. The van der Waals surface area contributed by atoms with Gasteiger partial charge in [0.1, 0.15) is 5.82 Å². The number of rotatable bonds is 5. The smallest absolute Gasteiger partial charge is 0.357 e. The van der Waals surface area contributed by atoms with E-state index in [9.17, 15) is 18.0 Å². The Hall–Kier alpha value is -2.61. The van der Waals surface area contributed by atoms with Crippen LogP contribution in [0.25, 0.3) is 0 Å². The summed E-state index contributed by atoms with van der Waals surface area (Å²) < 4.78 is 38.2. The van der Waals surface area contributed by atoms with Crippen LogP contribution in [0.5, 0.6) is 0 Å². The summed E-state index contributed by atoms with van der Waals surface area (Å²) in [5, 5.41) is 0. The van der Waals surface area contributed by atoms with Crippen molar-refractivity contribution in [2.24, 2.45) is 5.92 Å². The summed E-state index contributed by atoms with van der Waals surface area (Å²) in [5.74, 6) is 0.736. The van der Waals surface area contributed by atoms with Gasteiger partial charge in [-0.05, 0) is 37.0 Å². The number of carbonyl (C=O) groups is 1. The first-order valence-electron chi connectivity index (χ1n) is 11.2. The van der Waals surface area contributed by atoms with Gasteiger partial charge in [0.25, 0.3) is 0 Å². The molecule has 0 radical (unpaired) electrons. The Morgan fingerprint density at radius 2 is 1.62 bits per heavy atom. The number of piperazine rings is 1. The number of amides is 1. The van der Waals surface area contributed by atoms with Crippen molar-refractivity contribution < 1.29 is 18.0 Å². The second kappa shape index (κ2) is 9.90. The minimum atomic E-state index is -4.38. The molecule has 2 aliphatic rings. The Labute approximate surface area is 186 Å². The second-order valence-electron chi connectivity index (χ2n) is 8.57. The minimum Gasteiger partial charge on any atom is -0.357 e. The summed E-state index contributed by atoms with van der Waals surface area (Å²) in [6.07, 6.45) is -1.07. The number of nitrogens with zero attached hydrogens (tertiary/aromatic N) is 4. The van der Waals surface area contributed by atoms with E-state index in [0.717, 1.165) is 51.4 Å². The summed E-state index contributed by atoms with van der Waals surface area (Å²) in [7, 11) is 0. The molecule has 32 heavy (non-hydrogen) atoms. The van der Waals surface area contributed by atoms with Gasteiger partial charge < -0.3 is 9.80 Å². The van der Waals surface area contributed by atoms with Gasteiger partial charge in [0.05, 0.1) is 5.56 Å². The van der Waals surface area contributed by atoms with Gasteiger partial charge in [-0.25, -0.2) is 4.98 Å². The van der Waals surface area contributed by atoms with E-state index in [2.05, 4.69) is 34.1 Å². The van der Waals surface area contributed by atoms with Gasteiger partial charge in [0.15, 0.2) is 0 Å². The van der Waals surface area contributed by atoms with Gasteiger partial charge in [-0.15, -0.1) is 0 Å². The highest BCUT2D eigenvalue weighted by Crippen LogP contribution is 2.30. The first-order chi connectivity index (χ1) is 15.4. The molecule has 8 heteroatoms. The summed E-state index contributed by atoms with van der Waals surface area (Å²) in [6.45, 7) is 5.57. The SMILES string of the molecule is O=C(C1CCN(c2ccc(C(F)(F)F)cn2)CC1)N1CCN(CCc2ccccc2)CC1.